The molecule has 4 heteroatoms. The van der Waals surface area contributed by atoms with E-state index in [9.17, 15) is 9.59 Å². The Labute approximate surface area is 111 Å². The average molecular weight is 270 g/mol. The van der Waals surface area contributed by atoms with E-state index in [-0.39, 0.29) is 10.8 Å². The van der Waals surface area contributed by atoms with Gasteiger partial charge >= 0.3 is 0 Å². The zero-order chi connectivity index (χ0) is 12.6. The maximum atomic E-state index is 12.1. The first kappa shape index (κ1) is 12.1. The van der Waals surface area contributed by atoms with E-state index >= 15 is 0 Å². The minimum Gasteiger partial charge on any atom is -0.287 e. The summed E-state index contributed by atoms with van der Waals surface area (Å²) in [5.74, 6) is 0.857. The average Bonchev–Trinajstić information content (AvgIpc) is 2.72. The number of rotatable bonds is 0. The van der Waals surface area contributed by atoms with E-state index in [1.807, 2.05) is 0 Å². The van der Waals surface area contributed by atoms with Crippen LogP contribution in [0.1, 0.15) is 34.1 Å². The summed E-state index contributed by atoms with van der Waals surface area (Å²) in [6.07, 6.45) is 1.04. The highest BCUT2D eigenvalue weighted by molar-refractivity contribution is 8.15. The molecule has 17 heavy (non-hydrogen) atoms. The second kappa shape index (κ2) is 3.32. The van der Waals surface area contributed by atoms with Gasteiger partial charge in [-0.2, -0.15) is 0 Å². The summed E-state index contributed by atoms with van der Waals surface area (Å²) < 4.78 is 0. The van der Waals surface area contributed by atoms with Gasteiger partial charge in [-0.05, 0) is 18.3 Å². The van der Waals surface area contributed by atoms with Gasteiger partial charge in [-0.25, -0.2) is 0 Å². The SMILES string of the molecule is CC1(C)C(=O)SC2C1CC1SC(=O)C(C)(C)C12. The van der Waals surface area contributed by atoms with E-state index in [0.717, 1.165) is 6.42 Å². The first-order valence-electron chi connectivity index (χ1n) is 6.18. The lowest BCUT2D eigenvalue weighted by atomic mass is 9.74. The maximum absolute atomic E-state index is 12.1. The van der Waals surface area contributed by atoms with Crippen LogP contribution in [-0.2, 0) is 9.59 Å². The molecule has 3 fully saturated rings. The molecule has 3 rings (SSSR count). The van der Waals surface area contributed by atoms with Gasteiger partial charge in [0.25, 0.3) is 0 Å². The van der Waals surface area contributed by atoms with Gasteiger partial charge in [0, 0.05) is 21.3 Å². The largest absolute Gasteiger partial charge is 0.287 e. The number of fused-ring (bicyclic) bond motifs is 3. The number of carbonyl (C=O) groups excluding carboxylic acids is 2. The molecule has 94 valence electrons. The molecule has 2 aliphatic heterocycles. The summed E-state index contributed by atoms with van der Waals surface area (Å²) in [5.41, 5.74) is -0.443. The molecule has 2 nitrogen and oxygen atoms in total. The van der Waals surface area contributed by atoms with Crippen molar-refractivity contribution in [1.29, 1.82) is 0 Å². The van der Waals surface area contributed by atoms with Crippen molar-refractivity contribution in [2.45, 2.75) is 44.6 Å². The molecular weight excluding hydrogens is 252 g/mol. The lowest BCUT2D eigenvalue weighted by Gasteiger charge is -2.29. The zero-order valence-corrected chi connectivity index (χ0v) is 12.3. The molecule has 4 unspecified atom stereocenters. The molecule has 0 N–H and O–H groups in total. The summed E-state index contributed by atoms with van der Waals surface area (Å²) in [6.45, 7) is 8.28. The Hall–Kier alpha value is 0.0400. The third-order valence-electron chi connectivity index (χ3n) is 4.95. The topological polar surface area (TPSA) is 34.1 Å². The Morgan fingerprint density at radius 2 is 1.59 bits per heavy atom. The lowest BCUT2D eigenvalue weighted by Crippen LogP contribution is -2.33. The predicted molar refractivity (Wildman–Crippen MR) is 71.9 cm³/mol. The third-order valence-corrected chi connectivity index (χ3v) is 8.11. The van der Waals surface area contributed by atoms with Crippen LogP contribution in [0.4, 0.5) is 0 Å². The number of carbonyl (C=O) groups is 2. The van der Waals surface area contributed by atoms with Crippen LogP contribution in [0.15, 0.2) is 0 Å². The highest BCUT2D eigenvalue weighted by Crippen LogP contribution is 2.66. The molecule has 3 aliphatic rings. The fourth-order valence-electron chi connectivity index (χ4n) is 3.70. The Morgan fingerprint density at radius 3 is 2.24 bits per heavy atom. The minimum atomic E-state index is -0.248. The Morgan fingerprint density at radius 1 is 1.00 bits per heavy atom. The number of hydrogen-bond donors (Lipinski definition) is 0. The van der Waals surface area contributed by atoms with Crippen LogP contribution < -0.4 is 0 Å². The molecule has 0 radical (unpaired) electrons. The van der Waals surface area contributed by atoms with Gasteiger partial charge in [-0.15, -0.1) is 0 Å². The quantitative estimate of drug-likeness (QED) is 0.678. The van der Waals surface area contributed by atoms with E-state index in [4.69, 9.17) is 0 Å². The van der Waals surface area contributed by atoms with E-state index in [1.165, 1.54) is 23.5 Å². The summed E-state index contributed by atoms with van der Waals surface area (Å²) in [7, 11) is 0. The van der Waals surface area contributed by atoms with E-state index < -0.39 is 0 Å². The normalized spacial score (nSPS) is 46.1. The van der Waals surface area contributed by atoms with Crippen molar-refractivity contribution >= 4 is 33.8 Å². The second-order valence-corrected chi connectivity index (χ2v) is 8.99. The predicted octanol–water partition coefficient (Wildman–Crippen LogP) is 2.96. The van der Waals surface area contributed by atoms with Crippen LogP contribution in [-0.4, -0.2) is 20.7 Å². The molecule has 1 saturated carbocycles. The fraction of sp³-hybridized carbons (Fsp3) is 0.846. The van der Waals surface area contributed by atoms with Crippen LogP contribution >= 0.6 is 23.5 Å². The van der Waals surface area contributed by atoms with Gasteiger partial charge < -0.3 is 0 Å². The highest BCUT2D eigenvalue weighted by Gasteiger charge is 2.65. The molecule has 0 spiro atoms. The van der Waals surface area contributed by atoms with Crippen molar-refractivity contribution in [3.05, 3.63) is 0 Å². The smallest absolute Gasteiger partial charge is 0.195 e. The van der Waals surface area contributed by atoms with Crippen molar-refractivity contribution in [1.82, 2.24) is 0 Å². The molecular formula is C13H18O2S2. The van der Waals surface area contributed by atoms with Gasteiger partial charge in [0.1, 0.15) is 0 Å². The standard InChI is InChI=1S/C13H18O2S2/c1-12(2)6-5-7-8(9(6)17-10(12)14)13(3,4)11(15)16-7/h6-9H,5H2,1-4H3. The monoisotopic (exact) mass is 270 g/mol. The number of hydrogen-bond acceptors (Lipinski definition) is 4. The van der Waals surface area contributed by atoms with Gasteiger partial charge in [0.05, 0.1) is 0 Å². The van der Waals surface area contributed by atoms with Gasteiger partial charge in [0.2, 0.25) is 0 Å². The van der Waals surface area contributed by atoms with Gasteiger partial charge in [-0.1, -0.05) is 51.2 Å². The van der Waals surface area contributed by atoms with Crippen LogP contribution in [0.3, 0.4) is 0 Å². The Balaban J connectivity index is 1.98. The molecule has 2 heterocycles. The minimum absolute atomic E-state index is 0.195. The molecule has 1 aliphatic carbocycles. The summed E-state index contributed by atoms with van der Waals surface area (Å²) in [4.78, 5) is 24.1. The van der Waals surface area contributed by atoms with E-state index in [0.29, 0.717) is 32.6 Å². The first-order valence-corrected chi connectivity index (χ1v) is 7.94. The van der Waals surface area contributed by atoms with E-state index in [1.54, 1.807) is 0 Å². The van der Waals surface area contributed by atoms with Crippen LogP contribution in [0, 0.1) is 22.7 Å². The summed E-state index contributed by atoms with van der Waals surface area (Å²) in [6, 6.07) is 0. The zero-order valence-electron chi connectivity index (χ0n) is 10.6. The van der Waals surface area contributed by atoms with E-state index in [2.05, 4.69) is 27.7 Å². The van der Waals surface area contributed by atoms with Crippen LogP contribution in [0.5, 0.6) is 0 Å². The van der Waals surface area contributed by atoms with Crippen molar-refractivity contribution in [2.75, 3.05) is 0 Å². The summed E-state index contributed by atoms with van der Waals surface area (Å²) in [5, 5.41) is 1.47. The molecule has 0 amide bonds. The van der Waals surface area contributed by atoms with Crippen molar-refractivity contribution < 1.29 is 9.59 Å². The maximum Gasteiger partial charge on any atom is 0.195 e. The highest BCUT2D eigenvalue weighted by atomic mass is 32.2. The van der Waals surface area contributed by atoms with Crippen LogP contribution in [0.25, 0.3) is 0 Å². The van der Waals surface area contributed by atoms with Crippen molar-refractivity contribution in [2.24, 2.45) is 22.7 Å². The molecule has 0 aromatic heterocycles. The van der Waals surface area contributed by atoms with Crippen molar-refractivity contribution in [3.63, 3.8) is 0 Å². The Bertz CT molecular complexity index is 414. The van der Waals surface area contributed by atoms with Gasteiger partial charge in [0.15, 0.2) is 10.2 Å². The molecule has 4 atom stereocenters. The fourth-order valence-corrected chi connectivity index (χ4v) is 7.47. The van der Waals surface area contributed by atoms with Gasteiger partial charge in [-0.3, -0.25) is 9.59 Å². The lowest BCUT2D eigenvalue weighted by molar-refractivity contribution is -0.119. The first-order chi connectivity index (χ1) is 7.76. The Kier molecular flexibility index (Phi) is 2.36. The number of thioether (sulfide) groups is 2. The van der Waals surface area contributed by atoms with Crippen LogP contribution in [0.2, 0.25) is 0 Å². The van der Waals surface area contributed by atoms with Crippen molar-refractivity contribution in [3.8, 4) is 0 Å². The third kappa shape index (κ3) is 1.37. The molecule has 0 bridgehead atoms. The molecule has 2 saturated heterocycles. The summed E-state index contributed by atoms with van der Waals surface area (Å²) >= 11 is 3.06. The molecule has 0 aromatic rings. The second-order valence-electron chi connectivity index (χ2n) is 6.63. The molecule has 0 aromatic carbocycles.